The van der Waals surface area contributed by atoms with E-state index in [4.69, 9.17) is 0 Å². The predicted octanol–water partition coefficient (Wildman–Crippen LogP) is 1.000. The minimum Gasteiger partial charge on any atom is -0.396 e. The van der Waals surface area contributed by atoms with Gasteiger partial charge in [0.2, 0.25) is 0 Å². The van der Waals surface area contributed by atoms with Gasteiger partial charge in [0.1, 0.15) is 12.2 Å². The summed E-state index contributed by atoms with van der Waals surface area (Å²) in [6, 6.07) is 0. The van der Waals surface area contributed by atoms with E-state index in [-0.39, 0.29) is 42.5 Å². The third-order valence-corrected chi connectivity index (χ3v) is 9.19. The van der Waals surface area contributed by atoms with Crippen molar-refractivity contribution in [3.05, 3.63) is 11.6 Å². The Morgan fingerprint density at radius 2 is 1.96 bits per heavy atom. The molecule has 0 radical (unpaired) electrons. The van der Waals surface area contributed by atoms with E-state index in [0.717, 1.165) is 18.4 Å². The molecule has 6 nitrogen and oxygen atoms in total. The van der Waals surface area contributed by atoms with Gasteiger partial charge >= 0.3 is 0 Å². The number of hydrogen-bond donors (Lipinski definition) is 4. The smallest absolute Gasteiger partial charge is 0.190 e. The quantitative estimate of drug-likeness (QED) is 0.570. The summed E-state index contributed by atoms with van der Waals surface area (Å²) < 4.78 is 0. The zero-order valence-electron chi connectivity index (χ0n) is 16.7. The molecule has 0 spiro atoms. The number of fused-ring (bicyclic) bond motifs is 5. The summed E-state index contributed by atoms with van der Waals surface area (Å²) in [5, 5.41) is 42.0. The number of hydrogen-bond acceptors (Lipinski definition) is 6. The molecule has 6 heteroatoms. The van der Waals surface area contributed by atoms with Crippen LogP contribution in [-0.2, 0) is 9.59 Å². The Labute approximate surface area is 165 Å². The molecule has 3 fully saturated rings. The van der Waals surface area contributed by atoms with Gasteiger partial charge in [0.05, 0.1) is 6.10 Å². The first-order valence-electron chi connectivity index (χ1n) is 10.5. The third-order valence-electron chi connectivity index (χ3n) is 9.19. The van der Waals surface area contributed by atoms with E-state index in [9.17, 15) is 30.0 Å². The van der Waals surface area contributed by atoms with Gasteiger partial charge in [-0.15, -0.1) is 0 Å². The van der Waals surface area contributed by atoms with Crippen LogP contribution in [0.1, 0.15) is 52.4 Å². The van der Waals surface area contributed by atoms with Gasteiger partial charge in [0.25, 0.3) is 0 Å². The molecular formula is C22H32O6. The maximum atomic E-state index is 12.4. The van der Waals surface area contributed by atoms with Gasteiger partial charge in [0, 0.05) is 18.4 Å². The van der Waals surface area contributed by atoms with Gasteiger partial charge in [-0.05, 0) is 67.3 Å². The summed E-state index contributed by atoms with van der Waals surface area (Å²) >= 11 is 0. The molecule has 0 amide bonds. The Morgan fingerprint density at radius 1 is 1.25 bits per heavy atom. The Hall–Kier alpha value is -1.08. The lowest BCUT2D eigenvalue weighted by molar-refractivity contribution is -0.187. The number of allylic oxidation sites excluding steroid dienone is 1. The monoisotopic (exact) mass is 392 g/mol. The summed E-state index contributed by atoms with van der Waals surface area (Å²) in [6.45, 7) is 3.18. The lowest BCUT2D eigenvalue weighted by atomic mass is 9.43. The molecule has 0 bridgehead atoms. The van der Waals surface area contributed by atoms with Gasteiger partial charge < -0.3 is 20.4 Å². The second-order valence-electron chi connectivity index (χ2n) is 10.0. The molecule has 4 rings (SSSR count). The molecule has 1 unspecified atom stereocenters. The highest BCUT2D eigenvalue weighted by Crippen LogP contribution is 2.68. The van der Waals surface area contributed by atoms with Crippen molar-refractivity contribution >= 4 is 11.6 Å². The van der Waals surface area contributed by atoms with E-state index in [2.05, 4.69) is 6.92 Å². The highest BCUT2D eigenvalue weighted by Gasteiger charge is 2.68. The van der Waals surface area contributed by atoms with Crippen LogP contribution in [0.2, 0.25) is 0 Å². The maximum absolute atomic E-state index is 12.4. The minimum atomic E-state index is -1.60. The van der Waals surface area contributed by atoms with Crippen LogP contribution in [0.5, 0.6) is 0 Å². The van der Waals surface area contributed by atoms with E-state index < -0.39 is 34.9 Å². The highest BCUT2D eigenvalue weighted by atomic mass is 16.3. The lowest BCUT2D eigenvalue weighted by Crippen LogP contribution is -2.63. The number of carbonyl (C=O) groups excluding carboxylic acids is 2. The molecule has 28 heavy (non-hydrogen) atoms. The van der Waals surface area contributed by atoms with Gasteiger partial charge in [-0.2, -0.15) is 0 Å². The van der Waals surface area contributed by atoms with E-state index >= 15 is 0 Å². The maximum Gasteiger partial charge on any atom is 0.190 e. The Kier molecular flexibility index (Phi) is 4.66. The average molecular weight is 392 g/mol. The Morgan fingerprint density at radius 3 is 2.61 bits per heavy atom. The molecule has 0 aromatic rings. The van der Waals surface area contributed by atoms with Gasteiger partial charge in [-0.3, -0.25) is 9.59 Å². The molecule has 4 N–H and O–H groups in total. The number of Topliss-reactive ketones (excluding diaryl/α,β-unsaturated/α-hetero) is 1. The van der Waals surface area contributed by atoms with Crippen molar-refractivity contribution in [2.75, 3.05) is 13.2 Å². The van der Waals surface area contributed by atoms with Gasteiger partial charge in [-0.1, -0.05) is 19.4 Å². The summed E-state index contributed by atoms with van der Waals surface area (Å²) in [5.74, 6) is -0.657. The number of ketones is 2. The molecule has 156 valence electrons. The zero-order chi connectivity index (χ0) is 20.5. The van der Waals surface area contributed by atoms with Gasteiger partial charge in [-0.25, -0.2) is 0 Å². The fourth-order valence-electron chi connectivity index (χ4n) is 7.72. The van der Waals surface area contributed by atoms with Crippen molar-refractivity contribution in [2.45, 2.75) is 64.1 Å². The van der Waals surface area contributed by atoms with Crippen LogP contribution in [-0.4, -0.2) is 56.9 Å². The zero-order valence-corrected chi connectivity index (χ0v) is 16.7. The van der Waals surface area contributed by atoms with Crippen molar-refractivity contribution in [1.82, 2.24) is 0 Å². The van der Waals surface area contributed by atoms with Crippen molar-refractivity contribution in [2.24, 2.45) is 34.5 Å². The number of aliphatic hydroxyl groups excluding tert-OH is 3. The molecule has 0 heterocycles. The van der Waals surface area contributed by atoms with Crippen LogP contribution in [0.3, 0.4) is 0 Å². The Bertz CT molecular complexity index is 731. The van der Waals surface area contributed by atoms with Crippen molar-refractivity contribution in [3.63, 3.8) is 0 Å². The number of carbonyl (C=O) groups is 2. The van der Waals surface area contributed by atoms with Crippen molar-refractivity contribution < 1.29 is 30.0 Å². The van der Waals surface area contributed by atoms with E-state index in [1.54, 1.807) is 6.08 Å². The van der Waals surface area contributed by atoms with E-state index in [0.29, 0.717) is 19.3 Å². The first-order chi connectivity index (χ1) is 13.1. The van der Waals surface area contributed by atoms with E-state index in [1.165, 1.54) is 0 Å². The first-order valence-corrected chi connectivity index (χ1v) is 10.5. The Balaban J connectivity index is 1.77. The molecule has 0 aromatic heterocycles. The van der Waals surface area contributed by atoms with Crippen LogP contribution in [0, 0.1) is 34.5 Å². The summed E-state index contributed by atoms with van der Waals surface area (Å²) in [5.41, 5.74) is -1.79. The summed E-state index contributed by atoms with van der Waals surface area (Å²) in [6.07, 6.45) is 4.11. The standard InChI is InChI=1S/C22H32O6/c1-20-9-17(26)19-15(16(20)5-6-22(20,28)18(27)11-24)4-3-12-7-14(25)8-13(10-23)21(12,19)2/h7,13,15-17,19,23-24,26,28H,3-6,8-11H2,1-2H3/t13?,15-,16-,17-,19+,20-,21+,22-/m0/s1. The molecule has 8 atom stereocenters. The molecule has 0 aliphatic heterocycles. The third kappa shape index (κ3) is 2.35. The SMILES string of the molecule is C[C@]12C[C@H](O)[C@H]3[C@@H](CCC4=CC(=O)CC(CO)[C@@]43C)[C@@H]1CC[C@]2(O)C(=O)CO. The van der Waals surface area contributed by atoms with Gasteiger partial charge in [0.15, 0.2) is 11.6 Å². The van der Waals surface area contributed by atoms with Crippen LogP contribution >= 0.6 is 0 Å². The normalized spacial score (nSPS) is 50.4. The molecule has 0 aromatic carbocycles. The fourth-order valence-corrected chi connectivity index (χ4v) is 7.72. The number of aliphatic hydroxyl groups is 4. The average Bonchev–Trinajstić information content (AvgIpc) is 2.92. The lowest BCUT2D eigenvalue weighted by Gasteiger charge is -2.62. The van der Waals surface area contributed by atoms with Crippen LogP contribution in [0.25, 0.3) is 0 Å². The second-order valence-corrected chi connectivity index (χ2v) is 10.0. The van der Waals surface area contributed by atoms with Crippen molar-refractivity contribution in [1.29, 1.82) is 0 Å². The second kappa shape index (κ2) is 6.46. The van der Waals surface area contributed by atoms with Crippen LogP contribution in [0.15, 0.2) is 11.6 Å². The largest absolute Gasteiger partial charge is 0.396 e. The topological polar surface area (TPSA) is 115 Å². The molecule has 4 aliphatic rings. The molecule has 0 saturated heterocycles. The molecule has 4 aliphatic carbocycles. The molecular weight excluding hydrogens is 360 g/mol. The summed E-state index contributed by atoms with van der Waals surface area (Å²) in [7, 11) is 0. The predicted molar refractivity (Wildman–Crippen MR) is 101 cm³/mol. The van der Waals surface area contributed by atoms with E-state index in [1.807, 2.05) is 6.92 Å². The summed E-state index contributed by atoms with van der Waals surface area (Å²) in [4.78, 5) is 24.6. The van der Waals surface area contributed by atoms with Crippen LogP contribution in [0.4, 0.5) is 0 Å². The fraction of sp³-hybridized carbons (Fsp3) is 0.818. The highest BCUT2D eigenvalue weighted by molar-refractivity contribution is 5.92. The first kappa shape index (κ1) is 20.2. The molecule has 3 saturated carbocycles. The van der Waals surface area contributed by atoms with Crippen LogP contribution < -0.4 is 0 Å². The van der Waals surface area contributed by atoms with Crippen molar-refractivity contribution in [3.8, 4) is 0 Å². The number of rotatable bonds is 3. The minimum absolute atomic E-state index is 0.0453.